The average Bonchev–Trinajstić information content (AvgIpc) is 3.43. The molecule has 0 bridgehead atoms. The third-order valence-corrected chi connectivity index (χ3v) is 6.45. The number of carbonyl (C=O) groups excluding carboxylic acids is 1. The van der Waals surface area contributed by atoms with Crippen LogP contribution < -0.4 is 5.32 Å². The van der Waals surface area contributed by atoms with E-state index < -0.39 is 11.8 Å². The zero-order valence-corrected chi connectivity index (χ0v) is 19.1. The number of alkyl halides is 2. The van der Waals surface area contributed by atoms with Gasteiger partial charge in [-0.05, 0) is 0 Å². The van der Waals surface area contributed by atoms with E-state index in [0.717, 1.165) is 29.2 Å². The number of imidazole rings is 1. The summed E-state index contributed by atoms with van der Waals surface area (Å²) >= 11 is 0. The van der Waals surface area contributed by atoms with E-state index >= 15 is 0 Å². The number of fused-ring (bicyclic) bond motifs is 2. The standard InChI is InChI=1S/C24H25BF2N6O/c1-3-18-20(32-12-4-11-28-23(32)30-18)22(34)29-13-15-5-7-16(8-6-15)21-25-19-10-9-17(24(2,26)27)14-33(19)31-21/h4-8,11-12,17H,3,9-10,13-14H2,1-2H3,(H,29,34). The molecule has 0 saturated carbocycles. The van der Waals surface area contributed by atoms with Crippen molar-refractivity contribution >= 4 is 18.6 Å². The molecule has 3 aromatic heterocycles. The number of aromatic nitrogens is 5. The van der Waals surface area contributed by atoms with Crippen LogP contribution >= 0.6 is 0 Å². The topological polar surface area (TPSA) is 77.1 Å². The molecule has 0 spiro atoms. The molecule has 1 aromatic carbocycles. The van der Waals surface area contributed by atoms with Gasteiger partial charge in [-0.15, -0.1) is 0 Å². The zero-order valence-electron chi connectivity index (χ0n) is 19.1. The van der Waals surface area contributed by atoms with Crippen LogP contribution in [0.5, 0.6) is 0 Å². The average molecular weight is 462 g/mol. The van der Waals surface area contributed by atoms with Crippen molar-refractivity contribution in [2.75, 3.05) is 0 Å². The quantitative estimate of drug-likeness (QED) is 0.475. The summed E-state index contributed by atoms with van der Waals surface area (Å²) < 4.78 is 30.9. The van der Waals surface area contributed by atoms with Gasteiger partial charge in [0.1, 0.15) is 0 Å². The van der Waals surface area contributed by atoms with E-state index in [2.05, 4.69) is 20.4 Å². The predicted octanol–water partition coefficient (Wildman–Crippen LogP) is 3.64. The molecule has 0 fully saturated rings. The second-order valence-corrected chi connectivity index (χ2v) is 8.82. The molecule has 1 aliphatic rings. The first-order valence-corrected chi connectivity index (χ1v) is 11.5. The Balaban J connectivity index is 1.27. The SMILES string of the molecule is CCc1nc2ncccn2c1C(=O)NCc1ccc(-c2bc3n(n2)CC(C(C)(F)F)CC3)cc1. The van der Waals surface area contributed by atoms with Gasteiger partial charge < -0.3 is 0 Å². The van der Waals surface area contributed by atoms with Gasteiger partial charge in [0.2, 0.25) is 0 Å². The van der Waals surface area contributed by atoms with Crippen LogP contribution in [0.25, 0.3) is 16.9 Å². The van der Waals surface area contributed by atoms with Gasteiger partial charge in [-0.2, -0.15) is 0 Å². The van der Waals surface area contributed by atoms with Crippen LogP contribution in [0.15, 0.2) is 42.7 Å². The number of aryl methyl sites for hydroxylation is 2. The van der Waals surface area contributed by atoms with Crippen LogP contribution in [-0.2, 0) is 25.9 Å². The van der Waals surface area contributed by atoms with Crippen LogP contribution in [0, 0.1) is 5.92 Å². The van der Waals surface area contributed by atoms with E-state index in [1.165, 1.54) is 0 Å². The third kappa shape index (κ3) is 4.24. The third-order valence-electron chi connectivity index (χ3n) is 6.45. The summed E-state index contributed by atoms with van der Waals surface area (Å²) in [6.07, 6.45) is 5.14. The molecule has 0 radical (unpaired) electrons. The molecular weight excluding hydrogens is 437 g/mol. The number of halogens is 2. The Kier molecular flexibility index (Phi) is 5.75. The second kappa shape index (κ2) is 8.74. The van der Waals surface area contributed by atoms with Crippen molar-refractivity contribution in [2.45, 2.75) is 52.1 Å². The van der Waals surface area contributed by atoms with E-state index in [9.17, 15) is 13.6 Å². The summed E-state index contributed by atoms with van der Waals surface area (Å²) in [6, 6.07) is 9.53. The van der Waals surface area contributed by atoms with Gasteiger partial charge in [0, 0.05) is 6.20 Å². The monoisotopic (exact) mass is 462 g/mol. The van der Waals surface area contributed by atoms with E-state index in [4.69, 9.17) is 0 Å². The number of hydrogen-bond donors (Lipinski definition) is 1. The van der Waals surface area contributed by atoms with Crippen LogP contribution in [0.3, 0.4) is 0 Å². The molecule has 7 nitrogen and oxygen atoms in total. The number of nitrogens with one attached hydrogen (secondary N) is 1. The van der Waals surface area contributed by atoms with E-state index in [0.29, 0.717) is 43.0 Å². The van der Waals surface area contributed by atoms with Gasteiger partial charge >= 0.3 is 190 Å². The molecule has 174 valence electrons. The van der Waals surface area contributed by atoms with Crippen molar-refractivity contribution in [3.05, 3.63) is 65.3 Å². The molecule has 0 aliphatic carbocycles. The molecule has 1 atom stereocenters. The summed E-state index contributed by atoms with van der Waals surface area (Å²) in [6.45, 7) is 5.52. The first-order valence-electron chi connectivity index (χ1n) is 11.5. The number of carbonyl (C=O) groups is 1. The minimum absolute atomic E-state index is 0.203. The molecule has 34 heavy (non-hydrogen) atoms. The predicted molar refractivity (Wildman–Crippen MR) is 125 cm³/mol. The Hall–Kier alpha value is -3.43. The first-order chi connectivity index (χ1) is 16.3. The summed E-state index contributed by atoms with van der Waals surface area (Å²) in [5.41, 5.74) is 4.83. The number of benzene rings is 1. The van der Waals surface area contributed by atoms with Crippen LogP contribution in [0.2, 0.25) is 0 Å². The first kappa shape index (κ1) is 22.4. The fraction of sp³-hybridized carbons (Fsp3) is 0.375. The molecule has 4 heterocycles. The minimum atomic E-state index is -2.70. The molecule has 1 unspecified atom stereocenters. The summed E-state index contributed by atoms with van der Waals surface area (Å²) in [7, 11) is 0. The molecule has 5 rings (SSSR count). The van der Waals surface area contributed by atoms with Crippen LogP contribution in [0.4, 0.5) is 8.78 Å². The summed E-state index contributed by atoms with van der Waals surface area (Å²) in [4.78, 5) is 21.6. The van der Waals surface area contributed by atoms with E-state index in [1.54, 1.807) is 27.5 Å². The number of hydrogen-bond acceptors (Lipinski definition) is 4. The molecule has 1 N–H and O–H groups in total. The summed E-state index contributed by atoms with van der Waals surface area (Å²) in [5, 5.41) is 7.54. The van der Waals surface area contributed by atoms with Crippen molar-refractivity contribution in [1.29, 1.82) is 0 Å². The Bertz CT molecular complexity index is 1340. The zero-order chi connectivity index (χ0) is 23.9. The van der Waals surface area contributed by atoms with Crippen molar-refractivity contribution in [3.63, 3.8) is 0 Å². The van der Waals surface area contributed by atoms with Gasteiger partial charge in [0.05, 0.1) is 0 Å². The van der Waals surface area contributed by atoms with Crippen molar-refractivity contribution in [2.24, 2.45) is 5.92 Å². The van der Waals surface area contributed by atoms with E-state index in [1.807, 2.05) is 38.1 Å². The van der Waals surface area contributed by atoms with Crippen molar-refractivity contribution in [1.82, 2.24) is 29.5 Å². The summed E-state index contributed by atoms with van der Waals surface area (Å²) in [5.74, 6) is -3.08. The fourth-order valence-electron chi connectivity index (χ4n) is 4.47. The normalized spacial score (nSPS) is 15.8. The maximum absolute atomic E-state index is 13.7. The molecule has 4 aromatic rings. The number of nitrogens with zero attached hydrogens (tertiary/aromatic N) is 5. The van der Waals surface area contributed by atoms with Gasteiger partial charge in [-0.25, -0.2) is 0 Å². The Morgan fingerprint density at radius 2 is 2.09 bits per heavy atom. The molecule has 0 saturated heterocycles. The Morgan fingerprint density at radius 3 is 2.82 bits per heavy atom. The van der Waals surface area contributed by atoms with Gasteiger partial charge in [-0.1, -0.05) is 0 Å². The van der Waals surface area contributed by atoms with Crippen LogP contribution in [0.1, 0.15) is 47.6 Å². The molecule has 1 aliphatic heterocycles. The second-order valence-electron chi connectivity index (χ2n) is 8.82. The molecular formula is C24H25BF2N6O. The van der Waals surface area contributed by atoms with Gasteiger partial charge in [0.15, 0.2) is 0 Å². The Morgan fingerprint density at radius 1 is 1.29 bits per heavy atom. The Labute approximate surface area is 196 Å². The van der Waals surface area contributed by atoms with Gasteiger partial charge in [0.25, 0.3) is 0 Å². The molecule has 1 amide bonds. The van der Waals surface area contributed by atoms with Crippen LogP contribution in [-0.4, -0.2) is 42.9 Å². The maximum atomic E-state index is 13.7. The fourth-order valence-corrected chi connectivity index (χ4v) is 4.47. The van der Waals surface area contributed by atoms with Gasteiger partial charge in [-0.3, -0.25) is 0 Å². The number of rotatable bonds is 6. The van der Waals surface area contributed by atoms with Crippen molar-refractivity contribution < 1.29 is 13.6 Å². The number of amides is 1. The molecule has 10 heteroatoms. The van der Waals surface area contributed by atoms with E-state index in [-0.39, 0.29) is 12.5 Å². The van der Waals surface area contributed by atoms with Crippen molar-refractivity contribution in [3.8, 4) is 11.2 Å².